The summed E-state index contributed by atoms with van der Waals surface area (Å²) in [6.45, 7) is 0. The van der Waals surface area contributed by atoms with E-state index in [0.717, 1.165) is 12.8 Å². The SMILES string of the molecule is COc1cccc(NC(=O)[C@H]2CCCC[C@@H]2C(=O)O)c1. The number of ether oxygens (including phenoxy) is 1. The van der Waals surface area contributed by atoms with Crippen LogP contribution in [0.1, 0.15) is 25.7 Å². The first kappa shape index (κ1) is 14.4. The zero-order valence-electron chi connectivity index (χ0n) is 11.5. The molecule has 5 nitrogen and oxygen atoms in total. The molecule has 1 aliphatic rings. The van der Waals surface area contributed by atoms with E-state index in [-0.39, 0.29) is 5.91 Å². The van der Waals surface area contributed by atoms with Gasteiger partial charge < -0.3 is 15.2 Å². The molecule has 5 heteroatoms. The van der Waals surface area contributed by atoms with Gasteiger partial charge in [0.25, 0.3) is 0 Å². The summed E-state index contributed by atoms with van der Waals surface area (Å²) in [5, 5.41) is 12.0. The Morgan fingerprint density at radius 1 is 1.25 bits per heavy atom. The predicted octanol–water partition coefficient (Wildman–Crippen LogP) is 2.52. The van der Waals surface area contributed by atoms with Gasteiger partial charge in [0.1, 0.15) is 5.75 Å². The molecule has 2 rings (SSSR count). The Morgan fingerprint density at radius 3 is 2.60 bits per heavy atom. The summed E-state index contributed by atoms with van der Waals surface area (Å²) in [6, 6.07) is 7.05. The van der Waals surface area contributed by atoms with E-state index in [4.69, 9.17) is 4.74 Å². The smallest absolute Gasteiger partial charge is 0.307 e. The molecule has 108 valence electrons. The van der Waals surface area contributed by atoms with Crippen molar-refractivity contribution in [2.45, 2.75) is 25.7 Å². The van der Waals surface area contributed by atoms with Crippen molar-refractivity contribution in [2.24, 2.45) is 11.8 Å². The Bertz CT molecular complexity index is 500. The quantitative estimate of drug-likeness (QED) is 0.886. The van der Waals surface area contributed by atoms with Gasteiger partial charge in [-0.25, -0.2) is 0 Å². The van der Waals surface area contributed by atoms with Crippen LogP contribution in [0.3, 0.4) is 0 Å². The van der Waals surface area contributed by atoms with Crippen molar-refractivity contribution < 1.29 is 19.4 Å². The lowest BCUT2D eigenvalue weighted by Crippen LogP contribution is -2.36. The van der Waals surface area contributed by atoms with Crippen LogP contribution in [0.25, 0.3) is 0 Å². The third-order valence-corrected chi connectivity index (χ3v) is 3.76. The molecule has 2 N–H and O–H groups in total. The summed E-state index contributed by atoms with van der Waals surface area (Å²) < 4.78 is 5.10. The van der Waals surface area contributed by atoms with Crippen LogP contribution in [0.5, 0.6) is 5.75 Å². The standard InChI is InChI=1S/C15H19NO4/c1-20-11-6-4-5-10(9-11)16-14(17)12-7-2-3-8-13(12)15(18)19/h4-6,9,12-13H,2-3,7-8H2,1H3,(H,16,17)(H,18,19)/t12-,13-/m0/s1. The number of benzene rings is 1. The number of methoxy groups -OCH3 is 1. The van der Waals surface area contributed by atoms with Crippen LogP contribution in [0.4, 0.5) is 5.69 Å². The second kappa shape index (κ2) is 6.41. The lowest BCUT2D eigenvalue weighted by atomic mass is 9.78. The molecule has 0 heterocycles. The third-order valence-electron chi connectivity index (χ3n) is 3.76. The normalized spacial score (nSPS) is 22.1. The average molecular weight is 277 g/mol. The van der Waals surface area contributed by atoms with Crippen LogP contribution in [-0.2, 0) is 9.59 Å². The molecule has 1 aromatic carbocycles. The van der Waals surface area contributed by atoms with Gasteiger partial charge in [-0.2, -0.15) is 0 Å². The van der Waals surface area contributed by atoms with E-state index in [1.165, 1.54) is 0 Å². The number of hydrogen-bond donors (Lipinski definition) is 2. The Balaban J connectivity index is 2.07. The third kappa shape index (κ3) is 3.29. The Hall–Kier alpha value is -2.04. The molecule has 0 aromatic heterocycles. The van der Waals surface area contributed by atoms with Crippen molar-refractivity contribution in [1.82, 2.24) is 0 Å². The van der Waals surface area contributed by atoms with Gasteiger partial charge in [0.15, 0.2) is 0 Å². The van der Waals surface area contributed by atoms with Gasteiger partial charge in [-0.1, -0.05) is 18.9 Å². The molecule has 0 spiro atoms. The minimum absolute atomic E-state index is 0.217. The molecule has 2 atom stereocenters. The number of aliphatic carboxylic acids is 1. The maximum absolute atomic E-state index is 12.3. The molecule has 1 amide bonds. The van der Waals surface area contributed by atoms with E-state index < -0.39 is 17.8 Å². The fraction of sp³-hybridized carbons (Fsp3) is 0.467. The highest BCUT2D eigenvalue weighted by molar-refractivity contribution is 5.95. The number of hydrogen-bond acceptors (Lipinski definition) is 3. The van der Waals surface area contributed by atoms with Crippen molar-refractivity contribution in [3.63, 3.8) is 0 Å². The summed E-state index contributed by atoms with van der Waals surface area (Å²) >= 11 is 0. The molecule has 1 aromatic rings. The monoisotopic (exact) mass is 277 g/mol. The number of nitrogens with one attached hydrogen (secondary N) is 1. The maximum Gasteiger partial charge on any atom is 0.307 e. The van der Waals surface area contributed by atoms with Crippen molar-refractivity contribution >= 4 is 17.6 Å². The lowest BCUT2D eigenvalue weighted by molar-refractivity contribution is -0.147. The molecule has 0 saturated heterocycles. The van der Waals surface area contributed by atoms with E-state index in [2.05, 4.69) is 5.32 Å². The molecule has 0 bridgehead atoms. The number of carboxylic acids is 1. The van der Waals surface area contributed by atoms with Gasteiger partial charge in [-0.15, -0.1) is 0 Å². The highest BCUT2D eigenvalue weighted by atomic mass is 16.5. The summed E-state index contributed by atoms with van der Waals surface area (Å²) in [6.07, 6.45) is 2.98. The van der Waals surface area contributed by atoms with Crippen molar-refractivity contribution in [1.29, 1.82) is 0 Å². The van der Waals surface area contributed by atoms with Gasteiger partial charge in [0.05, 0.1) is 18.9 Å². The van der Waals surface area contributed by atoms with Crippen molar-refractivity contribution in [3.05, 3.63) is 24.3 Å². The van der Waals surface area contributed by atoms with Crippen LogP contribution in [0.2, 0.25) is 0 Å². The molecule has 0 aliphatic heterocycles. The van der Waals surface area contributed by atoms with Gasteiger partial charge in [-0.3, -0.25) is 9.59 Å². The highest BCUT2D eigenvalue weighted by Gasteiger charge is 2.35. The fourth-order valence-electron chi connectivity index (χ4n) is 2.68. The Morgan fingerprint density at radius 2 is 1.95 bits per heavy atom. The van der Waals surface area contributed by atoms with Crippen LogP contribution in [0, 0.1) is 11.8 Å². The molecular weight excluding hydrogens is 258 g/mol. The first-order chi connectivity index (χ1) is 9.61. The van der Waals surface area contributed by atoms with E-state index in [1.54, 1.807) is 31.4 Å². The first-order valence-electron chi connectivity index (χ1n) is 6.79. The van der Waals surface area contributed by atoms with Crippen molar-refractivity contribution in [2.75, 3.05) is 12.4 Å². The summed E-state index contributed by atoms with van der Waals surface area (Å²) in [7, 11) is 1.56. The molecular formula is C15H19NO4. The molecule has 0 unspecified atom stereocenters. The largest absolute Gasteiger partial charge is 0.497 e. The summed E-state index contributed by atoms with van der Waals surface area (Å²) in [5.74, 6) is -1.47. The van der Waals surface area contributed by atoms with Crippen LogP contribution in [0.15, 0.2) is 24.3 Å². The molecule has 0 radical (unpaired) electrons. The minimum atomic E-state index is -0.879. The summed E-state index contributed by atoms with van der Waals surface area (Å²) in [5.41, 5.74) is 0.629. The predicted molar refractivity (Wildman–Crippen MR) is 74.7 cm³/mol. The number of anilines is 1. The fourth-order valence-corrected chi connectivity index (χ4v) is 2.68. The highest BCUT2D eigenvalue weighted by Crippen LogP contribution is 2.31. The van der Waals surface area contributed by atoms with E-state index in [0.29, 0.717) is 24.3 Å². The molecule has 1 aliphatic carbocycles. The average Bonchev–Trinajstić information content (AvgIpc) is 2.47. The minimum Gasteiger partial charge on any atom is -0.497 e. The van der Waals surface area contributed by atoms with Gasteiger partial charge in [0, 0.05) is 11.8 Å². The number of carboxylic acid groups (broad SMARTS) is 1. The maximum atomic E-state index is 12.3. The van der Waals surface area contributed by atoms with E-state index in [9.17, 15) is 14.7 Å². The molecule has 1 fully saturated rings. The first-order valence-corrected chi connectivity index (χ1v) is 6.79. The number of amides is 1. The number of carbonyl (C=O) groups is 2. The van der Waals surface area contributed by atoms with Gasteiger partial charge in [-0.05, 0) is 25.0 Å². The molecule has 20 heavy (non-hydrogen) atoms. The summed E-state index contributed by atoms with van der Waals surface area (Å²) in [4.78, 5) is 23.5. The van der Waals surface area contributed by atoms with E-state index in [1.807, 2.05) is 0 Å². The topological polar surface area (TPSA) is 75.6 Å². The van der Waals surface area contributed by atoms with E-state index >= 15 is 0 Å². The second-order valence-corrected chi connectivity index (χ2v) is 5.06. The van der Waals surface area contributed by atoms with Crippen molar-refractivity contribution in [3.8, 4) is 5.75 Å². The number of rotatable bonds is 4. The van der Waals surface area contributed by atoms with Crippen LogP contribution in [-0.4, -0.2) is 24.1 Å². The Kier molecular flexibility index (Phi) is 4.61. The second-order valence-electron chi connectivity index (χ2n) is 5.06. The van der Waals surface area contributed by atoms with Gasteiger partial charge >= 0.3 is 5.97 Å². The zero-order chi connectivity index (χ0) is 14.5. The van der Waals surface area contributed by atoms with Crippen LogP contribution < -0.4 is 10.1 Å². The van der Waals surface area contributed by atoms with Crippen LogP contribution >= 0.6 is 0 Å². The number of carbonyl (C=O) groups excluding carboxylic acids is 1. The van der Waals surface area contributed by atoms with Gasteiger partial charge in [0.2, 0.25) is 5.91 Å². The Labute approximate surface area is 117 Å². The lowest BCUT2D eigenvalue weighted by Gasteiger charge is -2.27. The molecule has 1 saturated carbocycles. The zero-order valence-corrected chi connectivity index (χ0v) is 11.5.